The van der Waals surface area contributed by atoms with E-state index in [9.17, 15) is 13.2 Å². The Kier molecular flexibility index (Phi) is 6.94. The minimum Gasteiger partial charge on any atom is -0.322 e. The lowest BCUT2D eigenvalue weighted by atomic mass is 10.0. The Labute approximate surface area is 205 Å². The number of aromatic nitrogens is 1. The molecule has 1 heterocycles. The van der Waals surface area contributed by atoms with Gasteiger partial charge in [0.1, 0.15) is 0 Å². The first-order chi connectivity index (χ1) is 16.1. The highest BCUT2D eigenvalue weighted by Gasteiger charge is 2.27. The Morgan fingerprint density at radius 2 is 1.65 bits per heavy atom. The number of H-pyrrole nitrogens is 1. The number of rotatable bonds is 7. The van der Waals surface area contributed by atoms with Crippen molar-refractivity contribution < 1.29 is 8.42 Å². The van der Waals surface area contributed by atoms with E-state index in [0.29, 0.717) is 22.6 Å². The summed E-state index contributed by atoms with van der Waals surface area (Å²) in [6.07, 6.45) is 0.517. The van der Waals surface area contributed by atoms with Gasteiger partial charge in [-0.1, -0.05) is 54.1 Å². The standard InChI is InChI=1S/C27H27ClN2O3S/c1-18-13-20(3)24-15-22(27(31)29-25(24)14-18)17-30(12-11-21-7-5-4-6-8-21)34(32,33)26-16-23(28)10-9-19(26)2/h4-10,13-16H,11-12,17H2,1-3H3,(H,29,31). The van der Waals surface area contributed by atoms with E-state index in [1.54, 1.807) is 25.1 Å². The van der Waals surface area contributed by atoms with Crippen molar-refractivity contribution in [3.63, 3.8) is 0 Å². The SMILES string of the molecule is Cc1cc(C)c2cc(CN(CCc3ccccc3)S(=O)(=O)c3cc(Cl)ccc3C)c(=O)[nH]c2c1. The number of aromatic amines is 1. The summed E-state index contributed by atoms with van der Waals surface area (Å²) in [4.78, 5) is 16.0. The van der Waals surface area contributed by atoms with Crippen molar-refractivity contribution in [3.05, 3.63) is 110 Å². The van der Waals surface area contributed by atoms with E-state index >= 15 is 0 Å². The van der Waals surface area contributed by atoms with E-state index in [0.717, 1.165) is 27.6 Å². The maximum atomic E-state index is 13.8. The van der Waals surface area contributed by atoms with Crippen molar-refractivity contribution in [2.45, 2.75) is 38.6 Å². The number of halogens is 1. The Bertz CT molecular complexity index is 1510. The van der Waals surface area contributed by atoms with Crippen LogP contribution in [0.3, 0.4) is 0 Å². The largest absolute Gasteiger partial charge is 0.322 e. The van der Waals surface area contributed by atoms with Gasteiger partial charge in [0.05, 0.1) is 4.90 Å². The topological polar surface area (TPSA) is 70.2 Å². The van der Waals surface area contributed by atoms with Gasteiger partial charge < -0.3 is 4.98 Å². The van der Waals surface area contributed by atoms with Gasteiger partial charge in [-0.05, 0) is 73.7 Å². The van der Waals surface area contributed by atoms with Crippen LogP contribution in [0.5, 0.6) is 0 Å². The summed E-state index contributed by atoms with van der Waals surface area (Å²) in [5.41, 5.74) is 4.55. The molecule has 5 nitrogen and oxygen atoms in total. The molecule has 0 amide bonds. The van der Waals surface area contributed by atoms with Crippen molar-refractivity contribution in [2.24, 2.45) is 0 Å². The summed E-state index contributed by atoms with van der Waals surface area (Å²) in [5, 5.41) is 1.25. The quantitative estimate of drug-likeness (QED) is 0.366. The van der Waals surface area contributed by atoms with Crippen LogP contribution in [-0.4, -0.2) is 24.3 Å². The fourth-order valence-corrected chi connectivity index (χ4v) is 6.10. The third-order valence-corrected chi connectivity index (χ3v) is 8.22. The van der Waals surface area contributed by atoms with Gasteiger partial charge in [-0.3, -0.25) is 4.79 Å². The monoisotopic (exact) mass is 494 g/mol. The average molecular weight is 495 g/mol. The molecule has 0 saturated heterocycles. The van der Waals surface area contributed by atoms with Crippen LogP contribution in [0.4, 0.5) is 0 Å². The number of aryl methyl sites for hydroxylation is 3. The molecule has 0 atom stereocenters. The maximum absolute atomic E-state index is 13.8. The smallest absolute Gasteiger partial charge is 0.252 e. The number of benzene rings is 3. The molecule has 0 saturated carbocycles. The summed E-state index contributed by atoms with van der Waals surface area (Å²) >= 11 is 6.14. The van der Waals surface area contributed by atoms with Crippen LogP contribution in [0.1, 0.15) is 27.8 Å². The summed E-state index contributed by atoms with van der Waals surface area (Å²) in [5.74, 6) is 0. The van der Waals surface area contributed by atoms with Crippen LogP contribution in [0.2, 0.25) is 5.02 Å². The second kappa shape index (κ2) is 9.74. The number of fused-ring (bicyclic) bond motifs is 1. The van der Waals surface area contributed by atoms with E-state index in [1.165, 1.54) is 10.4 Å². The van der Waals surface area contributed by atoms with Gasteiger partial charge in [0.25, 0.3) is 5.56 Å². The zero-order valence-corrected chi connectivity index (χ0v) is 21.0. The molecule has 34 heavy (non-hydrogen) atoms. The lowest BCUT2D eigenvalue weighted by molar-refractivity contribution is 0.408. The fraction of sp³-hybridized carbons (Fsp3) is 0.222. The van der Waals surface area contributed by atoms with Crippen LogP contribution in [0.25, 0.3) is 10.9 Å². The molecule has 4 rings (SSSR count). The third kappa shape index (κ3) is 5.09. The molecule has 0 aliphatic rings. The molecule has 1 aromatic heterocycles. The number of sulfonamides is 1. The molecule has 1 N–H and O–H groups in total. The highest BCUT2D eigenvalue weighted by Crippen LogP contribution is 2.26. The second-order valence-corrected chi connectivity index (χ2v) is 11.0. The summed E-state index contributed by atoms with van der Waals surface area (Å²) < 4.78 is 28.9. The summed E-state index contributed by atoms with van der Waals surface area (Å²) in [7, 11) is -3.91. The average Bonchev–Trinajstić information content (AvgIpc) is 2.79. The van der Waals surface area contributed by atoms with Crippen LogP contribution in [0.15, 0.2) is 76.4 Å². The summed E-state index contributed by atoms with van der Waals surface area (Å²) in [6.45, 7) is 5.88. The van der Waals surface area contributed by atoms with Gasteiger partial charge in [0, 0.05) is 34.6 Å². The highest BCUT2D eigenvalue weighted by molar-refractivity contribution is 7.89. The van der Waals surface area contributed by atoms with E-state index in [1.807, 2.05) is 56.3 Å². The zero-order chi connectivity index (χ0) is 24.5. The molecule has 4 aromatic rings. The molecule has 3 aromatic carbocycles. The molecular formula is C27H27ClN2O3S. The molecule has 0 unspecified atom stereocenters. The second-order valence-electron chi connectivity index (χ2n) is 8.65. The Balaban J connectivity index is 1.77. The van der Waals surface area contributed by atoms with E-state index in [-0.39, 0.29) is 23.5 Å². The van der Waals surface area contributed by atoms with Crippen LogP contribution >= 0.6 is 11.6 Å². The molecular weight excluding hydrogens is 468 g/mol. The predicted molar refractivity (Wildman–Crippen MR) is 138 cm³/mol. The molecule has 0 spiro atoms. The molecule has 0 aliphatic heterocycles. The predicted octanol–water partition coefficient (Wildman–Crippen LogP) is 5.54. The Hall–Kier alpha value is -2.93. The van der Waals surface area contributed by atoms with Gasteiger partial charge >= 0.3 is 0 Å². The van der Waals surface area contributed by atoms with Crippen LogP contribution in [-0.2, 0) is 23.0 Å². The number of nitrogens with zero attached hydrogens (tertiary/aromatic N) is 1. The highest BCUT2D eigenvalue weighted by atomic mass is 35.5. The van der Waals surface area contributed by atoms with Crippen molar-refractivity contribution in [1.82, 2.24) is 9.29 Å². The molecule has 0 aliphatic carbocycles. The van der Waals surface area contributed by atoms with E-state index in [4.69, 9.17) is 11.6 Å². The van der Waals surface area contributed by atoms with Crippen molar-refractivity contribution in [3.8, 4) is 0 Å². The maximum Gasteiger partial charge on any atom is 0.252 e. The Morgan fingerprint density at radius 3 is 2.38 bits per heavy atom. The first-order valence-corrected chi connectivity index (χ1v) is 12.9. The minimum atomic E-state index is -3.91. The lowest BCUT2D eigenvalue weighted by Gasteiger charge is -2.23. The number of hydrogen-bond acceptors (Lipinski definition) is 3. The molecule has 7 heteroatoms. The van der Waals surface area contributed by atoms with Gasteiger partial charge in [0.2, 0.25) is 10.0 Å². The normalized spacial score (nSPS) is 11.9. The van der Waals surface area contributed by atoms with Crippen molar-refractivity contribution in [2.75, 3.05) is 6.54 Å². The van der Waals surface area contributed by atoms with E-state index in [2.05, 4.69) is 4.98 Å². The van der Waals surface area contributed by atoms with E-state index < -0.39 is 10.0 Å². The first kappa shape index (κ1) is 24.2. The van der Waals surface area contributed by atoms with Gasteiger partial charge in [-0.2, -0.15) is 4.31 Å². The number of pyridine rings is 1. The molecule has 0 bridgehead atoms. The van der Waals surface area contributed by atoms with Crippen LogP contribution < -0.4 is 5.56 Å². The minimum absolute atomic E-state index is 0.0420. The zero-order valence-electron chi connectivity index (χ0n) is 19.4. The Morgan fingerprint density at radius 1 is 0.912 bits per heavy atom. The van der Waals surface area contributed by atoms with Crippen LogP contribution in [0, 0.1) is 20.8 Å². The molecule has 0 radical (unpaired) electrons. The fourth-order valence-electron chi connectivity index (χ4n) is 4.20. The summed E-state index contributed by atoms with van der Waals surface area (Å²) in [6, 6.07) is 20.3. The molecule has 176 valence electrons. The van der Waals surface area contributed by atoms with Gasteiger partial charge in [-0.25, -0.2) is 8.42 Å². The number of nitrogens with one attached hydrogen (secondary N) is 1. The third-order valence-electron chi connectivity index (χ3n) is 6.00. The van der Waals surface area contributed by atoms with Gasteiger partial charge in [-0.15, -0.1) is 0 Å². The number of hydrogen-bond donors (Lipinski definition) is 1. The molecule has 0 fully saturated rings. The van der Waals surface area contributed by atoms with Gasteiger partial charge in [0.15, 0.2) is 0 Å². The lowest BCUT2D eigenvalue weighted by Crippen LogP contribution is -2.35. The van der Waals surface area contributed by atoms with Crippen molar-refractivity contribution in [1.29, 1.82) is 0 Å². The van der Waals surface area contributed by atoms with Crippen molar-refractivity contribution >= 4 is 32.5 Å². The first-order valence-electron chi connectivity index (χ1n) is 11.1.